The van der Waals surface area contributed by atoms with E-state index in [0.29, 0.717) is 31.9 Å². The van der Waals surface area contributed by atoms with Crippen LogP contribution in [0.15, 0.2) is 23.1 Å². The fourth-order valence-corrected chi connectivity index (χ4v) is 6.12. The molecule has 2 saturated heterocycles. The number of benzene rings is 1. The van der Waals surface area contributed by atoms with Crippen LogP contribution in [0, 0.1) is 11.8 Å². The van der Waals surface area contributed by atoms with Crippen LogP contribution in [0.3, 0.4) is 0 Å². The van der Waals surface area contributed by atoms with Gasteiger partial charge in [-0.1, -0.05) is 6.42 Å². The average molecular weight is 450 g/mol. The van der Waals surface area contributed by atoms with Gasteiger partial charge in [-0.15, -0.1) is 0 Å². The Hall–Kier alpha value is -2.13. The van der Waals surface area contributed by atoms with Gasteiger partial charge < -0.3 is 15.0 Å². The Morgan fingerprint density at radius 3 is 2.42 bits per heavy atom. The van der Waals surface area contributed by atoms with Crippen molar-refractivity contribution >= 4 is 27.5 Å². The maximum atomic E-state index is 13.2. The number of nitrogens with zero attached hydrogens (tertiary/aromatic N) is 2. The van der Waals surface area contributed by atoms with E-state index in [4.69, 9.17) is 4.74 Å². The number of carbonyl (C=O) groups excluding carboxylic acids is 2. The molecule has 0 spiro atoms. The lowest BCUT2D eigenvalue weighted by Gasteiger charge is -2.32. The maximum Gasteiger partial charge on any atom is 0.246 e. The summed E-state index contributed by atoms with van der Waals surface area (Å²) in [6.45, 7) is 2.13. The smallest absolute Gasteiger partial charge is 0.246 e. The molecule has 170 valence electrons. The molecule has 1 saturated carbocycles. The van der Waals surface area contributed by atoms with Crippen LogP contribution in [-0.4, -0.2) is 62.7 Å². The molecular formula is C22H31N3O5S. The van der Waals surface area contributed by atoms with Crippen LogP contribution in [0.2, 0.25) is 0 Å². The summed E-state index contributed by atoms with van der Waals surface area (Å²) < 4.78 is 33.2. The topological polar surface area (TPSA) is 96.0 Å². The van der Waals surface area contributed by atoms with E-state index in [1.807, 2.05) is 4.90 Å². The van der Waals surface area contributed by atoms with Crippen molar-refractivity contribution in [2.45, 2.75) is 49.8 Å². The van der Waals surface area contributed by atoms with Gasteiger partial charge in [-0.05, 0) is 56.7 Å². The van der Waals surface area contributed by atoms with Crippen LogP contribution < -0.4 is 10.1 Å². The molecule has 1 atom stereocenters. The summed E-state index contributed by atoms with van der Waals surface area (Å²) in [4.78, 5) is 27.2. The van der Waals surface area contributed by atoms with Crippen molar-refractivity contribution in [1.82, 2.24) is 9.21 Å². The second-order valence-electron chi connectivity index (χ2n) is 8.72. The zero-order chi connectivity index (χ0) is 22.0. The number of carbonyl (C=O) groups is 2. The Balaban J connectivity index is 1.48. The van der Waals surface area contributed by atoms with Crippen molar-refractivity contribution in [2.75, 3.05) is 38.6 Å². The minimum atomic E-state index is -3.71. The summed E-state index contributed by atoms with van der Waals surface area (Å²) in [6.07, 6.45) is 6.13. The Bertz CT molecular complexity index is 938. The van der Waals surface area contributed by atoms with Gasteiger partial charge in [-0.3, -0.25) is 9.59 Å². The molecule has 2 aliphatic heterocycles. The van der Waals surface area contributed by atoms with E-state index < -0.39 is 10.0 Å². The number of hydrogen-bond donors (Lipinski definition) is 1. The number of sulfonamides is 1. The first-order valence-electron chi connectivity index (χ1n) is 11.2. The monoisotopic (exact) mass is 449 g/mol. The molecule has 1 aromatic rings. The fourth-order valence-electron chi connectivity index (χ4n) is 4.42. The van der Waals surface area contributed by atoms with Crippen molar-refractivity contribution in [3.8, 4) is 5.75 Å². The molecule has 1 unspecified atom stereocenters. The highest BCUT2D eigenvalue weighted by Gasteiger charge is 2.37. The van der Waals surface area contributed by atoms with Crippen molar-refractivity contribution in [3.63, 3.8) is 0 Å². The van der Waals surface area contributed by atoms with Gasteiger partial charge in [0.1, 0.15) is 10.6 Å². The van der Waals surface area contributed by atoms with Crippen molar-refractivity contribution in [1.29, 1.82) is 0 Å². The van der Waals surface area contributed by atoms with E-state index in [2.05, 4.69) is 5.32 Å². The van der Waals surface area contributed by atoms with Gasteiger partial charge in [0, 0.05) is 37.8 Å². The zero-order valence-corrected chi connectivity index (χ0v) is 18.8. The van der Waals surface area contributed by atoms with Crippen molar-refractivity contribution < 1.29 is 22.7 Å². The van der Waals surface area contributed by atoms with Gasteiger partial charge in [0.05, 0.1) is 13.0 Å². The van der Waals surface area contributed by atoms with E-state index in [1.54, 1.807) is 12.1 Å². The SMILES string of the molecule is COc1ccc(NC(=O)C2CCCN(C(=O)C3CC3)C2)cc1S(=O)(=O)N1CCCCC1. The van der Waals surface area contributed by atoms with Crippen LogP contribution in [0.1, 0.15) is 44.9 Å². The number of methoxy groups -OCH3 is 1. The summed E-state index contributed by atoms with van der Waals surface area (Å²) in [7, 11) is -2.27. The summed E-state index contributed by atoms with van der Waals surface area (Å²) in [6, 6.07) is 4.72. The number of likely N-dealkylation sites (tertiary alicyclic amines) is 1. The van der Waals surface area contributed by atoms with Gasteiger partial charge in [-0.2, -0.15) is 4.31 Å². The highest BCUT2D eigenvalue weighted by Crippen LogP contribution is 2.34. The number of piperidine rings is 2. The van der Waals surface area contributed by atoms with Crippen LogP contribution in [0.4, 0.5) is 5.69 Å². The number of hydrogen-bond acceptors (Lipinski definition) is 5. The molecule has 2 heterocycles. The van der Waals surface area contributed by atoms with E-state index in [9.17, 15) is 18.0 Å². The molecule has 2 amide bonds. The molecule has 3 fully saturated rings. The third-order valence-electron chi connectivity index (χ3n) is 6.39. The molecule has 1 aromatic carbocycles. The second-order valence-corrected chi connectivity index (χ2v) is 10.6. The Kier molecular flexibility index (Phi) is 6.52. The minimum absolute atomic E-state index is 0.0730. The number of nitrogens with one attached hydrogen (secondary N) is 1. The Morgan fingerprint density at radius 1 is 1.00 bits per heavy atom. The Labute approximate surface area is 184 Å². The molecule has 1 N–H and O–H groups in total. The van der Waals surface area contributed by atoms with E-state index in [0.717, 1.165) is 44.9 Å². The highest BCUT2D eigenvalue weighted by molar-refractivity contribution is 7.89. The zero-order valence-electron chi connectivity index (χ0n) is 18.0. The first-order valence-corrected chi connectivity index (χ1v) is 12.6. The van der Waals surface area contributed by atoms with E-state index >= 15 is 0 Å². The largest absolute Gasteiger partial charge is 0.495 e. The summed E-state index contributed by atoms with van der Waals surface area (Å²) in [5.41, 5.74) is 0.423. The van der Waals surface area contributed by atoms with Crippen molar-refractivity contribution in [2.24, 2.45) is 11.8 Å². The average Bonchev–Trinajstić information content (AvgIpc) is 3.64. The molecule has 0 bridgehead atoms. The van der Waals surface area contributed by atoms with E-state index in [1.165, 1.54) is 17.5 Å². The minimum Gasteiger partial charge on any atom is -0.495 e. The van der Waals surface area contributed by atoms with Gasteiger partial charge in [0.15, 0.2) is 0 Å². The van der Waals surface area contributed by atoms with Crippen LogP contribution >= 0.6 is 0 Å². The predicted octanol–water partition coefficient (Wildman–Crippen LogP) is 2.46. The predicted molar refractivity (Wildman–Crippen MR) is 116 cm³/mol. The van der Waals surface area contributed by atoms with E-state index in [-0.39, 0.29) is 34.3 Å². The molecule has 8 nitrogen and oxygen atoms in total. The number of ether oxygens (including phenoxy) is 1. The normalized spacial score (nSPS) is 22.7. The highest BCUT2D eigenvalue weighted by atomic mass is 32.2. The molecule has 31 heavy (non-hydrogen) atoms. The van der Waals surface area contributed by atoms with Gasteiger partial charge in [-0.25, -0.2) is 8.42 Å². The lowest BCUT2D eigenvalue weighted by atomic mass is 9.96. The Morgan fingerprint density at radius 2 is 1.74 bits per heavy atom. The fraction of sp³-hybridized carbons (Fsp3) is 0.636. The lowest BCUT2D eigenvalue weighted by molar-refractivity contribution is -0.135. The molecule has 0 aromatic heterocycles. The molecule has 1 aliphatic carbocycles. The summed E-state index contributed by atoms with van der Waals surface area (Å²) in [5.74, 6) is 0.103. The first-order chi connectivity index (χ1) is 14.9. The molecule has 0 radical (unpaired) electrons. The first kappa shape index (κ1) is 22.1. The van der Waals surface area contributed by atoms with Crippen molar-refractivity contribution in [3.05, 3.63) is 18.2 Å². The molecule has 3 aliphatic rings. The summed E-state index contributed by atoms with van der Waals surface area (Å²) >= 11 is 0. The van der Waals surface area contributed by atoms with Gasteiger partial charge in [0.2, 0.25) is 21.8 Å². The number of rotatable bonds is 6. The number of anilines is 1. The molecule has 9 heteroatoms. The second kappa shape index (κ2) is 9.16. The van der Waals surface area contributed by atoms with Crippen LogP contribution in [0.5, 0.6) is 5.75 Å². The van der Waals surface area contributed by atoms with Gasteiger partial charge >= 0.3 is 0 Å². The van der Waals surface area contributed by atoms with Gasteiger partial charge in [0.25, 0.3) is 0 Å². The molecule has 4 rings (SSSR count). The quantitative estimate of drug-likeness (QED) is 0.720. The molecular weight excluding hydrogens is 418 g/mol. The lowest BCUT2D eigenvalue weighted by Crippen LogP contribution is -2.44. The maximum absolute atomic E-state index is 13.2. The van der Waals surface area contributed by atoms with Crippen LogP contribution in [-0.2, 0) is 19.6 Å². The number of amides is 2. The standard InChI is InChI=1S/C22H31N3O5S/c1-30-19-10-9-18(14-20(19)31(28,29)25-12-3-2-4-13-25)23-21(26)17-6-5-11-24(15-17)22(27)16-7-8-16/h9-10,14,16-17H,2-8,11-13,15H2,1H3,(H,23,26). The third-order valence-corrected chi connectivity index (χ3v) is 8.31. The van der Waals surface area contributed by atoms with Crippen LogP contribution in [0.25, 0.3) is 0 Å². The summed E-state index contributed by atoms with van der Waals surface area (Å²) in [5, 5.41) is 2.87. The third kappa shape index (κ3) is 4.87.